The Bertz CT molecular complexity index is 1230. The number of benzene rings is 2. The molecule has 0 bridgehead atoms. The average Bonchev–Trinajstić information content (AvgIpc) is 2.75. The van der Waals surface area contributed by atoms with Crippen molar-refractivity contribution in [2.45, 2.75) is 39.2 Å². The normalized spacial score (nSPS) is 15.4. The van der Waals surface area contributed by atoms with Gasteiger partial charge < -0.3 is 24.5 Å². The summed E-state index contributed by atoms with van der Waals surface area (Å²) in [5.74, 6) is -0.952. The number of carbonyl (C=O) groups excluding carboxylic acids is 1. The number of aryl methyl sites for hydroxylation is 1. The molecule has 160 valence electrons. The number of Topliss-reactive ketones (excluding diaryl/α,β-unsaturated/α-hetero) is 1. The second-order valence-corrected chi connectivity index (χ2v) is 7.54. The summed E-state index contributed by atoms with van der Waals surface area (Å²) in [5, 5.41) is 31.4. The van der Waals surface area contributed by atoms with E-state index in [1.54, 1.807) is 13.8 Å². The largest absolute Gasteiger partial charge is 0.507 e. The van der Waals surface area contributed by atoms with Gasteiger partial charge in [0.25, 0.3) is 0 Å². The maximum absolute atomic E-state index is 12.8. The van der Waals surface area contributed by atoms with E-state index in [-0.39, 0.29) is 52.6 Å². The van der Waals surface area contributed by atoms with Gasteiger partial charge in [-0.1, -0.05) is 37.3 Å². The molecule has 2 aromatic carbocycles. The van der Waals surface area contributed by atoms with Gasteiger partial charge in [-0.25, -0.2) is 4.79 Å². The number of fused-ring (bicyclic) bond motifs is 1. The summed E-state index contributed by atoms with van der Waals surface area (Å²) in [4.78, 5) is 25.3. The van der Waals surface area contributed by atoms with Crippen molar-refractivity contribution >= 4 is 5.78 Å². The lowest BCUT2D eigenvalue weighted by Gasteiger charge is -2.28. The van der Waals surface area contributed by atoms with Crippen LogP contribution in [0.5, 0.6) is 23.0 Å². The quantitative estimate of drug-likeness (QED) is 0.583. The molecule has 3 N–H and O–H groups in total. The van der Waals surface area contributed by atoms with Crippen LogP contribution in [0.25, 0.3) is 0 Å². The van der Waals surface area contributed by atoms with E-state index < -0.39 is 17.5 Å². The highest BCUT2D eigenvalue weighted by Gasteiger charge is 2.34. The maximum atomic E-state index is 12.8. The minimum absolute atomic E-state index is 0.00127. The molecule has 0 unspecified atom stereocenters. The van der Waals surface area contributed by atoms with Gasteiger partial charge in [0.15, 0.2) is 5.78 Å². The lowest BCUT2D eigenvalue weighted by molar-refractivity contribution is 0.0842. The molecule has 0 fully saturated rings. The van der Waals surface area contributed by atoms with Crippen molar-refractivity contribution in [3.63, 3.8) is 0 Å². The number of phenols is 2. The Morgan fingerprint density at radius 1 is 1.03 bits per heavy atom. The van der Waals surface area contributed by atoms with E-state index >= 15 is 0 Å². The summed E-state index contributed by atoms with van der Waals surface area (Å²) in [6, 6.07) is 10.2. The summed E-state index contributed by atoms with van der Waals surface area (Å²) in [5.41, 5.74) is 0.474. The number of ketones is 1. The van der Waals surface area contributed by atoms with E-state index in [4.69, 9.17) is 9.15 Å². The molecule has 0 saturated carbocycles. The Kier molecular flexibility index (Phi) is 5.19. The van der Waals surface area contributed by atoms with Crippen molar-refractivity contribution in [2.24, 2.45) is 0 Å². The first-order chi connectivity index (χ1) is 14.8. The average molecular weight is 422 g/mol. The van der Waals surface area contributed by atoms with Gasteiger partial charge in [-0.05, 0) is 12.5 Å². The summed E-state index contributed by atoms with van der Waals surface area (Å²) >= 11 is 0. The van der Waals surface area contributed by atoms with Crippen molar-refractivity contribution < 1.29 is 29.3 Å². The zero-order chi connectivity index (χ0) is 22.3. The fraction of sp³-hybridized carbons (Fsp3) is 0.250. The van der Waals surface area contributed by atoms with Crippen LogP contribution in [-0.2, 0) is 12.8 Å². The van der Waals surface area contributed by atoms with Crippen LogP contribution in [0, 0.1) is 6.92 Å². The fourth-order valence-corrected chi connectivity index (χ4v) is 3.93. The van der Waals surface area contributed by atoms with Crippen molar-refractivity contribution in [2.75, 3.05) is 0 Å². The molecule has 31 heavy (non-hydrogen) atoms. The number of carbonyl (C=O) groups is 1. The van der Waals surface area contributed by atoms with Gasteiger partial charge in [-0.15, -0.1) is 0 Å². The molecule has 3 aromatic rings. The van der Waals surface area contributed by atoms with Gasteiger partial charge in [-0.3, -0.25) is 4.79 Å². The van der Waals surface area contributed by atoms with Crippen molar-refractivity contribution in [3.05, 3.63) is 80.4 Å². The van der Waals surface area contributed by atoms with E-state index in [2.05, 4.69) is 0 Å². The number of phenolic OH excluding ortho intramolecular Hbond substituents is 2. The van der Waals surface area contributed by atoms with Crippen LogP contribution in [0.2, 0.25) is 0 Å². The SMILES string of the molecule is CCc1oc(=O)c(Cc2c(O)cc(O)c3c2O[C@H](c2ccccc2)CC3=O)c(O)c1C. The molecule has 1 aliphatic heterocycles. The Hall–Kier alpha value is -3.74. The molecular formula is C24H22O7. The van der Waals surface area contributed by atoms with Crippen molar-refractivity contribution in [3.8, 4) is 23.0 Å². The third-order valence-electron chi connectivity index (χ3n) is 5.62. The minimum Gasteiger partial charge on any atom is -0.507 e. The highest BCUT2D eigenvalue weighted by atomic mass is 16.5. The second kappa shape index (κ2) is 7.83. The number of hydrogen-bond donors (Lipinski definition) is 3. The molecular weight excluding hydrogens is 400 g/mol. The third-order valence-corrected chi connectivity index (χ3v) is 5.62. The smallest absolute Gasteiger partial charge is 0.343 e. The summed E-state index contributed by atoms with van der Waals surface area (Å²) in [6.45, 7) is 3.44. The highest BCUT2D eigenvalue weighted by molar-refractivity contribution is 6.03. The first kappa shape index (κ1) is 20.5. The van der Waals surface area contributed by atoms with Gasteiger partial charge in [0, 0.05) is 30.0 Å². The molecule has 1 aliphatic rings. The predicted molar refractivity (Wildman–Crippen MR) is 112 cm³/mol. The zero-order valence-electron chi connectivity index (χ0n) is 17.1. The Morgan fingerprint density at radius 2 is 1.74 bits per heavy atom. The van der Waals surface area contributed by atoms with E-state index in [9.17, 15) is 24.9 Å². The number of aromatic hydroxyl groups is 3. The van der Waals surface area contributed by atoms with Crippen LogP contribution >= 0.6 is 0 Å². The van der Waals surface area contributed by atoms with Crippen LogP contribution in [0.3, 0.4) is 0 Å². The first-order valence-corrected chi connectivity index (χ1v) is 9.98. The van der Waals surface area contributed by atoms with Gasteiger partial charge in [0.1, 0.15) is 40.4 Å². The number of rotatable bonds is 4. The molecule has 0 saturated heterocycles. The molecule has 0 spiro atoms. The van der Waals surface area contributed by atoms with Crippen LogP contribution in [-0.4, -0.2) is 21.1 Å². The monoisotopic (exact) mass is 422 g/mol. The van der Waals surface area contributed by atoms with Gasteiger partial charge in [0.05, 0.1) is 12.0 Å². The maximum Gasteiger partial charge on any atom is 0.343 e. The molecule has 2 heterocycles. The highest BCUT2D eigenvalue weighted by Crippen LogP contribution is 2.46. The van der Waals surface area contributed by atoms with Gasteiger partial charge in [0.2, 0.25) is 0 Å². The summed E-state index contributed by atoms with van der Waals surface area (Å²) < 4.78 is 11.4. The fourth-order valence-electron chi connectivity index (χ4n) is 3.93. The molecule has 0 radical (unpaired) electrons. The Morgan fingerprint density at radius 3 is 2.42 bits per heavy atom. The van der Waals surface area contributed by atoms with Crippen molar-refractivity contribution in [1.82, 2.24) is 0 Å². The van der Waals surface area contributed by atoms with Gasteiger partial charge >= 0.3 is 5.63 Å². The van der Waals surface area contributed by atoms with E-state index in [0.29, 0.717) is 17.7 Å². The summed E-state index contributed by atoms with van der Waals surface area (Å²) in [7, 11) is 0. The van der Waals surface area contributed by atoms with E-state index in [1.165, 1.54) is 0 Å². The molecule has 7 heteroatoms. The van der Waals surface area contributed by atoms with Gasteiger partial charge in [-0.2, -0.15) is 0 Å². The Labute approximate surface area is 178 Å². The lowest BCUT2D eigenvalue weighted by atomic mass is 9.91. The van der Waals surface area contributed by atoms with Crippen LogP contribution in [0.1, 0.15) is 57.8 Å². The molecule has 1 aromatic heterocycles. The first-order valence-electron chi connectivity index (χ1n) is 9.98. The summed E-state index contributed by atoms with van der Waals surface area (Å²) in [6.07, 6.45) is -0.393. The molecule has 0 aliphatic carbocycles. The zero-order valence-corrected chi connectivity index (χ0v) is 17.1. The standard InChI is InChI=1S/C24H22O7/c1-3-19-12(2)22(28)15(24(29)31-19)9-14-16(25)10-17(26)21-18(27)11-20(30-23(14)21)13-7-5-4-6-8-13/h4-8,10,20,25-26,28H,3,9,11H2,1-2H3/t20-/m0/s1. The second-order valence-electron chi connectivity index (χ2n) is 7.54. The van der Waals surface area contributed by atoms with Crippen LogP contribution in [0.15, 0.2) is 45.6 Å². The molecule has 7 nitrogen and oxygen atoms in total. The molecule has 4 rings (SSSR count). The van der Waals surface area contributed by atoms with Crippen LogP contribution in [0.4, 0.5) is 0 Å². The number of hydrogen-bond acceptors (Lipinski definition) is 7. The topological polar surface area (TPSA) is 117 Å². The Balaban J connectivity index is 1.85. The molecule has 0 amide bonds. The third kappa shape index (κ3) is 3.52. The molecule has 1 atom stereocenters. The lowest BCUT2D eigenvalue weighted by Crippen LogP contribution is -2.22. The number of ether oxygens (including phenoxy) is 1. The van der Waals surface area contributed by atoms with Crippen molar-refractivity contribution in [1.29, 1.82) is 0 Å². The van der Waals surface area contributed by atoms with Crippen LogP contribution < -0.4 is 10.4 Å². The van der Waals surface area contributed by atoms with E-state index in [0.717, 1.165) is 11.6 Å². The van der Waals surface area contributed by atoms with E-state index in [1.807, 2.05) is 30.3 Å². The predicted octanol–water partition coefficient (Wildman–Crippen LogP) is 3.92. The minimum atomic E-state index is -0.733.